The Hall–Kier alpha value is -7.37. The summed E-state index contributed by atoms with van der Waals surface area (Å²) in [4.78, 5) is 70.5. The number of imide groups is 1. The number of benzene rings is 2. The Labute approximate surface area is 360 Å². The Morgan fingerprint density at radius 3 is 2.68 bits per heavy atom. The van der Waals surface area contributed by atoms with Gasteiger partial charge in [-0.3, -0.25) is 24.5 Å². The standard InChI is InChI=1S/C45H46N12O6/c1-5-57-36(18-32(53-57)26-11-12-26)49-41-39-29-17-35(62-4)30(38-23(2)54-63-24(38)3)16-33(29)48-40(39)51-42(52-41)44(60)46-19-27-20-55(22-47-27)15-7-9-25-8-6-10-28-31(25)21-56(45(28)61)34-13-14-37(58)50-43(34)59/h6,8,10,16-18,20,22,26,34H,5,7,9,11-15,19,21H2,1-4H3,(H,46,60)(H,50,58,59)(H2,48,49,51,52). The molecule has 1 aliphatic carbocycles. The van der Waals surface area contributed by atoms with E-state index in [2.05, 4.69) is 37.1 Å². The van der Waals surface area contributed by atoms with Gasteiger partial charge in [0, 0.05) is 66.3 Å². The lowest BCUT2D eigenvalue weighted by Crippen LogP contribution is -2.52. The molecule has 5 aromatic heterocycles. The highest BCUT2D eigenvalue weighted by atomic mass is 16.5. The molecule has 2 aliphatic heterocycles. The van der Waals surface area contributed by atoms with Crippen molar-refractivity contribution in [2.45, 2.75) is 97.4 Å². The van der Waals surface area contributed by atoms with Crippen molar-refractivity contribution in [1.82, 2.24) is 55.0 Å². The molecule has 18 heteroatoms. The number of nitrogens with zero attached hydrogens (tertiary/aromatic N) is 8. The van der Waals surface area contributed by atoms with Crippen LogP contribution in [0.2, 0.25) is 0 Å². The summed E-state index contributed by atoms with van der Waals surface area (Å²) in [5, 5.41) is 19.3. The molecule has 4 N–H and O–H groups in total. The lowest BCUT2D eigenvalue weighted by atomic mass is 9.99. The van der Waals surface area contributed by atoms with Crippen LogP contribution in [0, 0.1) is 13.8 Å². The normalized spacial score (nSPS) is 16.3. The fourth-order valence-electron chi connectivity index (χ4n) is 8.93. The number of ether oxygens (including phenoxy) is 1. The van der Waals surface area contributed by atoms with E-state index in [0.29, 0.717) is 78.0 Å². The molecule has 1 saturated heterocycles. The van der Waals surface area contributed by atoms with Gasteiger partial charge in [-0.2, -0.15) is 5.10 Å². The molecule has 0 bridgehead atoms. The summed E-state index contributed by atoms with van der Waals surface area (Å²) in [6, 6.07) is 11.0. The third-order valence-corrected chi connectivity index (χ3v) is 12.3. The molecule has 3 aliphatic rings. The number of carbonyl (C=O) groups excluding carboxylic acids is 4. The quantitative estimate of drug-likeness (QED) is 0.0962. The van der Waals surface area contributed by atoms with Crippen LogP contribution in [0.3, 0.4) is 0 Å². The van der Waals surface area contributed by atoms with E-state index in [1.54, 1.807) is 24.4 Å². The maximum absolute atomic E-state index is 13.9. The first-order valence-corrected chi connectivity index (χ1v) is 21.3. The smallest absolute Gasteiger partial charge is 0.289 e. The van der Waals surface area contributed by atoms with E-state index in [0.717, 1.165) is 69.6 Å². The Bertz CT molecular complexity index is 2970. The number of anilines is 2. The third-order valence-electron chi connectivity index (χ3n) is 12.3. The second-order valence-corrected chi connectivity index (χ2v) is 16.4. The van der Waals surface area contributed by atoms with Gasteiger partial charge in [0.05, 0.1) is 48.0 Å². The minimum absolute atomic E-state index is 0.0241. The minimum Gasteiger partial charge on any atom is -0.496 e. The molecule has 1 atom stereocenters. The number of fused-ring (bicyclic) bond motifs is 4. The number of hydrogen-bond acceptors (Lipinski definition) is 12. The van der Waals surface area contributed by atoms with Crippen molar-refractivity contribution in [2.75, 3.05) is 12.4 Å². The molecular formula is C45H46N12O6. The van der Waals surface area contributed by atoms with Crippen LogP contribution in [0.25, 0.3) is 33.1 Å². The third kappa shape index (κ3) is 7.34. The predicted octanol–water partition coefficient (Wildman–Crippen LogP) is 5.75. The van der Waals surface area contributed by atoms with E-state index in [1.165, 1.54) is 0 Å². The van der Waals surface area contributed by atoms with Crippen molar-refractivity contribution >= 4 is 57.2 Å². The van der Waals surface area contributed by atoms with E-state index in [1.807, 2.05) is 60.5 Å². The average molecular weight is 851 g/mol. The van der Waals surface area contributed by atoms with Gasteiger partial charge >= 0.3 is 0 Å². The summed E-state index contributed by atoms with van der Waals surface area (Å²) >= 11 is 0. The SMILES string of the molecule is CCn1nc(C2CC2)cc1Nc1nc(C(=O)NCc2cn(CCCc3cccc4c3CN(C3CCC(=O)NC3=O)C4=O)cn2)nc2[nH]c3cc(-c4c(C)noc4C)c(OC)cc3c12. The summed E-state index contributed by atoms with van der Waals surface area (Å²) < 4.78 is 15.3. The van der Waals surface area contributed by atoms with E-state index in [9.17, 15) is 19.2 Å². The first kappa shape index (κ1) is 39.7. The van der Waals surface area contributed by atoms with E-state index in [-0.39, 0.29) is 30.6 Å². The summed E-state index contributed by atoms with van der Waals surface area (Å²) in [5.41, 5.74) is 7.90. The molecular weight excluding hydrogens is 805 g/mol. The first-order chi connectivity index (χ1) is 30.6. The van der Waals surface area contributed by atoms with Gasteiger partial charge in [-0.25, -0.2) is 19.6 Å². The van der Waals surface area contributed by atoms with Crippen LogP contribution in [0.5, 0.6) is 5.75 Å². The highest BCUT2D eigenvalue weighted by molar-refractivity contribution is 6.14. The second kappa shape index (κ2) is 15.8. The zero-order valence-electron chi connectivity index (χ0n) is 35.4. The number of aryl methyl sites for hydroxylation is 5. The van der Waals surface area contributed by atoms with Crippen LogP contribution in [0.1, 0.15) is 99.9 Å². The molecule has 1 unspecified atom stereocenters. The van der Waals surface area contributed by atoms with Crippen molar-refractivity contribution in [3.8, 4) is 16.9 Å². The largest absolute Gasteiger partial charge is 0.496 e. The zero-order valence-corrected chi connectivity index (χ0v) is 35.4. The van der Waals surface area contributed by atoms with E-state index < -0.39 is 17.9 Å². The molecule has 1 saturated carbocycles. The maximum atomic E-state index is 13.9. The number of amides is 4. The van der Waals surface area contributed by atoms with Crippen molar-refractivity contribution in [1.29, 1.82) is 0 Å². The summed E-state index contributed by atoms with van der Waals surface area (Å²) in [5.74, 6) is 1.55. The predicted molar refractivity (Wildman–Crippen MR) is 230 cm³/mol. The first-order valence-electron chi connectivity index (χ1n) is 21.3. The van der Waals surface area contributed by atoms with Gasteiger partial charge < -0.3 is 34.3 Å². The van der Waals surface area contributed by atoms with Gasteiger partial charge in [0.2, 0.25) is 17.6 Å². The van der Waals surface area contributed by atoms with Crippen LogP contribution in [0.15, 0.2) is 53.4 Å². The number of imidazole rings is 1. The van der Waals surface area contributed by atoms with Crippen molar-refractivity contribution in [3.63, 3.8) is 0 Å². The number of piperidine rings is 1. The van der Waals surface area contributed by atoms with Crippen molar-refractivity contribution in [2.24, 2.45) is 0 Å². The van der Waals surface area contributed by atoms with Gasteiger partial charge in [-0.15, -0.1) is 0 Å². The average Bonchev–Trinajstić information content (AvgIpc) is 3.53. The zero-order chi connectivity index (χ0) is 43.5. The van der Waals surface area contributed by atoms with Crippen LogP contribution in [-0.2, 0) is 42.2 Å². The minimum atomic E-state index is -0.655. The Morgan fingerprint density at radius 1 is 1.06 bits per heavy atom. The van der Waals surface area contributed by atoms with Gasteiger partial charge in [0.1, 0.15) is 34.8 Å². The maximum Gasteiger partial charge on any atom is 0.289 e. The second-order valence-electron chi connectivity index (χ2n) is 16.4. The number of rotatable bonds is 14. The number of H-pyrrole nitrogens is 1. The van der Waals surface area contributed by atoms with Crippen molar-refractivity contribution in [3.05, 3.63) is 94.3 Å². The summed E-state index contributed by atoms with van der Waals surface area (Å²) in [6.45, 7) is 7.58. The molecule has 2 fully saturated rings. The highest BCUT2D eigenvalue weighted by Crippen LogP contribution is 2.43. The molecule has 18 nitrogen and oxygen atoms in total. The lowest BCUT2D eigenvalue weighted by molar-refractivity contribution is -0.136. The van der Waals surface area contributed by atoms with Gasteiger partial charge in [-0.05, 0) is 82.2 Å². The fraction of sp³-hybridized carbons (Fsp3) is 0.356. The number of aromatic nitrogens is 8. The molecule has 63 heavy (non-hydrogen) atoms. The molecule has 7 heterocycles. The van der Waals surface area contributed by atoms with Crippen molar-refractivity contribution < 1.29 is 28.4 Å². The molecule has 0 radical (unpaired) electrons. The number of aromatic amines is 1. The lowest BCUT2D eigenvalue weighted by Gasteiger charge is -2.29. The van der Waals surface area contributed by atoms with Gasteiger partial charge in [-0.1, -0.05) is 17.3 Å². The Kier molecular flexibility index (Phi) is 9.99. The van der Waals surface area contributed by atoms with Gasteiger partial charge in [0.15, 0.2) is 0 Å². The van der Waals surface area contributed by atoms with E-state index in [4.69, 9.17) is 24.3 Å². The molecule has 4 amide bonds. The Morgan fingerprint density at radius 2 is 1.92 bits per heavy atom. The van der Waals surface area contributed by atoms with Gasteiger partial charge in [0.25, 0.3) is 11.8 Å². The summed E-state index contributed by atoms with van der Waals surface area (Å²) in [7, 11) is 1.62. The number of nitrogens with one attached hydrogen (secondary N) is 4. The number of hydrogen-bond donors (Lipinski definition) is 4. The highest BCUT2D eigenvalue weighted by Gasteiger charge is 2.39. The van der Waals surface area contributed by atoms with E-state index >= 15 is 0 Å². The topological polar surface area (TPSA) is 220 Å². The number of methoxy groups -OCH3 is 1. The fourth-order valence-corrected chi connectivity index (χ4v) is 8.93. The molecule has 322 valence electrons. The molecule has 10 rings (SSSR count). The Balaban J connectivity index is 0.862. The molecule has 0 spiro atoms. The van der Waals surface area contributed by atoms with Crippen LogP contribution < -0.4 is 20.7 Å². The van der Waals surface area contributed by atoms with Crippen LogP contribution in [0.4, 0.5) is 11.6 Å². The molecule has 2 aromatic carbocycles. The van der Waals surface area contributed by atoms with Crippen LogP contribution in [-0.4, -0.2) is 81.1 Å². The molecule has 7 aromatic rings. The number of carbonyl (C=O) groups is 4. The van der Waals surface area contributed by atoms with Crippen LogP contribution >= 0.6 is 0 Å². The monoisotopic (exact) mass is 850 g/mol. The summed E-state index contributed by atoms with van der Waals surface area (Å²) in [6.07, 6.45) is 7.87.